The number of sulfone groups is 1. The molecule has 0 aromatic heterocycles. The molecular weight excluding hydrogens is 254 g/mol. The van der Waals surface area contributed by atoms with Gasteiger partial charge < -0.3 is 9.84 Å². The molecule has 0 atom stereocenters. The maximum Gasteiger partial charge on any atom is 0.181 e. The van der Waals surface area contributed by atoms with E-state index < -0.39 is 32.1 Å². The Labute approximate surface area is 97.8 Å². The monoisotopic (exact) mass is 266 g/mol. The summed E-state index contributed by atoms with van der Waals surface area (Å²) in [6, 6.07) is 1.27. The second-order valence-electron chi connectivity index (χ2n) is 3.31. The van der Waals surface area contributed by atoms with Crippen molar-refractivity contribution in [3.8, 4) is 5.75 Å². The molecule has 0 aliphatic heterocycles. The number of methoxy groups -OCH3 is 1. The van der Waals surface area contributed by atoms with Crippen LogP contribution in [0.2, 0.25) is 0 Å². The second kappa shape index (κ2) is 5.42. The molecule has 1 rings (SSSR count). The van der Waals surface area contributed by atoms with Crippen LogP contribution in [0.15, 0.2) is 17.0 Å². The zero-order valence-corrected chi connectivity index (χ0v) is 9.93. The summed E-state index contributed by atoms with van der Waals surface area (Å²) in [4.78, 5) is -0.718. The van der Waals surface area contributed by atoms with Crippen molar-refractivity contribution in [2.45, 2.75) is 11.3 Å². The van der Waals surface area contributed by atoms with E-state index in [1.165, 1.54) is 0 Å². The Kier molecular flexibility index (Phi) is 4.41. The number of hydrogen-bond donors (Lipinski definition) is 1. The van der Waals surface area contributed by atoms with Crippen molar-refractivity contribution in [2.75, 3.05) is 19.5 Å². The highest BCUT2D eigenvalue weighted by Gasteiger charge is 2.21. The fourth-order valence-electron chi connectivity index (χ4n) is 1.27. The van der Waals surface area contributed by atoms with Gasteiger partial charge in [0.05, 0.1) is 12.9 Å². The van der Waals surface area contributed by atoms with Crippen LogP contribution in [0.5, 0.6) is 5.75 Å². The van der Waals surface area contributed by atoms with Crippen LogP contribution in [-0.2, 0) is 9.84 Å². The minimum Gasteiger partial charge on any atom is -0.494 e. The SMILES string of the molecule is COc1cc(F)c(S(=O)(=O)CCCO)cc1F. The van der Waals surface area contributed by atoms with E-state index in [0.717, 1.165) is 7.11 Å². The van der Waals surface area contributed by atoms with Gasteiger partial charge in [0.15, 0.2) is 21.4 Å². The lowest BCUT2D eigenvalue weighted by Crippen LogP contribution is -2.11. The zero-order valence-electron chi connectivity index (χ0n) is 9.11. The average molecular weight is 266 g/mol. The molecule has 0 heterocycles. The van der Waals surface area contributed by atoms with Crippen LogP contribution in [0.25, 0.3) is 0 Å². The molecule has 7 heteroatoms. The molecule has 1 N–H and O–H groups in total. The van der Waals surface area contributed by atoms with Crippen LogP contribution < -0.4 is 4.74 Å². The highest BCUT2D eigenvalue weighted by Crippen LogP contribution is 2.25. The van der Waals surface area contributed by atoms with Crippen LogP contribution in [0.4, 0.5) is 8.78 Å². The molecule has 0 saturated heterocycles. The first-order valence-electron chi connectivity index (χ1n) is 4.79. The molecule has 17 heavy (non-hydrogen) atoms. The lowest BCUT2D eigenvalue weighted by atomic mass is 10.3. The van der Waals surface area contributed by atoms with E-state index >= 15 is 0 Å². The summed E-state index contributed by atoms with van der Waals surface area (Å²) in [5, 5.41) is 8.53. The average Bonchev–Trinajstić information content (AvgIpc) is 2.28. The molecule has 0 bridgehead atoms. The van der Waals surface area contributed by atoms with Crippen molar-refractivity contribution in [3.05, 3.63) is 23.8 Å². The predicted molar refractivity (Wildman–Crippen MR) is 56.7 cm³/mol. The van der Waals surface area contributed by atoms with Gasteiger partial charge in [-0.25, -0.2) is 17.2 Å². The van der Waals surface area contributed by atoms with Gasteiger partial charge in [0.25, 0.3) is 0 Å². The van der Waals surface area contributed by atoms with Crippen molar-refractivity contribution in [1.82, 2.24) is 0 Å². The predicted octanol–water partition coefficient (Wildman–Crippen LogP) is 1.13. The molecule has 0 unspecified atom stereocenters. The zero-order chi connectivity index (χ0) is 13.1. The topological polar surface area (TPSA) is 63.6 Å². The summed E-state index contributed by atoms with van der Waals surface area (Å²) in [7, 11) is -2.78. The van der Waals surface area contributed by atoms with E-state index in [1.54, 1.807) is 0 Å². The fraction of sp³-hybridized carbons (Fsp3) is 0.400. The largest absolute Gasteiger partial charge is 0.494 e. The molecule has 4 nitrogen and oxygen atoms in total. The Morgan fingerprint density at radius 1 is 1.29 bits per heavy atom. The minimum atomic E-state index is -3.93. The van der Waals surface area contributed by atoms with E-state index in [0.29, 0.717) is 12.1 Å². The number of ether oxygens (including phenoxy) is 1. The third kappa shape index (κ3) is 3.13. The lowest BCUT2D eigenvalue weighted by molar-refractivity contribution is 0.295. The van der Waals surface area contributed by atoms with E-state index in [1.807, 2.05) is 0 Å². The molecule has 96 valence electrons. The van der Waals surface area contributed by atoms with Gasteiger partial charge in [-0.15, -0.1) is 0 Å². The molecular formula is C10H12F2O4S. The van der Waals surface area contributed by atoms with E-state index in [4.69, 9.17) is 5.11 Å². The highest BCUT2D eigenvalue weighted by molar-refractivity contribution is 7.91. The summed E-state index contributed by atoms with van der Waals surface area (Å²) >= 11 is 0. The summed E-state index contributed by atoms with van der Waals surface area (Å²) in [6.45, 7) is -0.334. The summed E-state index contributed by atoms with van der Waals surface area (Å²) in [5.41, 5.74) is 0. The number of aliphatic hydroxyl groups excluding tert-OH is 1. The first kappa shape index (κ1) is 13.9. The van der Waals surface area contributed by atoms with Gasteiger partial charge in [0, 0.05) is 12.7 Å². The van der Waals surface area contributed by atoms with Crippen LogP contribution >= 0.6 is 0 Å². The van der Waals surface area contributed by atoms with Gasteiger partial charge in [0.2, 0.25) is 0 Å². The van der Waals surface area contributed by atoms with Gasteiger partial charge in [0.1, 0.15) is 10.7 Å². The summed E-state index contributed by atoms with van der Waals surface area (Å²) < 4.78 is 54.5. The van der Waals surface area contributed by atoms with E-state index in [2.05, 4.69) is 4.74 Å². The maximum absolute atomic E-state index is 13.5. The van der Waals surface area contributed by atoms with Gasteiger partial charge in [-0.3, -0.25) is 0 Å². The molecule has 0 aliphatic carbocycles. The van der Waals surface area contributed by atoms with Crippen LogP contribution in [-0.4, -0.2) is 33.0 Å². The van der Waals surface area contributed by atoms with E-state index in [-0.39, 0.29) is 18.8 Å². The Morgan fingerprint density at radius 3 is 2.47 bits per heavy atom. The third-order valence-electron chi connectivity index (χ3n) is 2.11. The van der Waals surface area contributed by atoms with Gasteiger partial charge in [-0.2, -0.15) is 0 Å². The number of benzene rings is 1. The van der Waals surface area contributed by atoms with Crippen LogP contribution in [0, 0.1) is 11.6 Å². The Bertz CT molecular complexity index is 499. The number of halogens is 2. The van der Waals surface area contributed by atoms with E-state index in [9.17, 15) is 17.2 Å². The first-order valence-corrected chi connectivity index (χ1v) is 6.44. The summed E-state index contributed by atoms with van der Waals surface area (Å²) in [6.07, 6.45) is -0.0323. The quantitative estimate of drug-likeness (QED) is 0.867. The van der Waals surface area contributed by atoms with Gasteiger partial charge in [-0.05, 0) is 12.5 Å². The molecule has 0 aliphatic rings. The highest BCUT2D eigenvalue weighted by atomic mass is 32.2. The summed E-state index contributed by atoms with van der Waals surface area (Å²) in [5.74, 6) is -2.81. The van der Waals surface area contributed by atoms with Crippen molar-refractivity contribution in [3.63, 3.8) is 0 Å². The molecule has 0 spiro atoms. The van der Waals surface area contributed by atoms with Gasteiger partial charge in [-0.1, -0.05) is 0 Å². The van der Waals surface area contributed by atoms with Crippen LogP contribution in [0.3, 0.4) is 0 Å². The van der Waals surface area contributed by atoms with Gasteiger partial charge >= 0.3 is 0 Å². The second-order valence-corrected chi connectivity index (χ2v) is 5.39. The number of aliphatic hydroxyl groups is 1. The Balaban J connectivity index is 3.19. The minimum absolute atomic E-state index is 0.0323. The van der Waals surface area contributed by atoms with Crippen molar-refractivity contribution >= 4 is 9.84 Å². The van der Waals surface area contributed by atoms with Crippen molar-refractivity contribution in [1.29, 1.82) is 0 Å². The third-order valence-corrected chi connectivity index (χ3v) is 3.92. The first-order chi connectivity index (χ1) is 7.92. The smallest absolute Gasteiger partial charge is 0.181 e. The number of rotatable bonds is 5. The Morgan fingerprint density at radius 2 is 1.94 bits per heavy atom. The molecule has 1 aromatic carbocycles. The molecule has 0 radical (unpaired) electrons. The Hall–Kier alpha value is -1.21. The molecule has 1 aromatic rings. The molecule has 0 fully saturated rings. The fourth-order valence-corrected chi connectivity index (χ4v) is 2.64. The number of hydrogen-bond acceptors (Lipinski definition) is 4. The standard InChI is InChI=1S/C10H12F2O4S/c1-16-9-5-8(12)10(6-7(9)11)17(14,15)4-2-3-13/h5-6,13H,2-4H2,1H3. The van der Waals surface area contributed by atoms with Crippen LogP contribution in [0.1, 0.15) is 6.42 Å². The normalized spacial score (nSPS) is 11.5. The molecule has 0 saturated carbocycles. The van der Waals surface area contributed by atoms with Crippen molar-refractivity contribution < 1.29 is 27.0 Å². The molecule has 0 amide bonds. The maximum atomic E-state index is 13.5. The lowest BCUT2D eigenvalue weighted by Gasteiger charge is -2.07. The van der Waals surface area contributed by atoms with Crippen molar-refractivity contribution in [2.24, 2.45) is 0 Å².